The molecule has 3 heterocycles. The van der Waals surface area contributed by atoms with Crippen molar-refractivity contribution in [2.75, 3.05) is 39.3 Å². The average molecular weight is 356 g/mol. The van der Waals surface area contributed by atoms with Crippen molar-refractivity contribution in [3.63, 3.8) is 0 Å². The Hall–Kier alpha value is -1.11. The summed E-state index contributed by atoms with van der Waals surface area (Å²) in [6, 6.07) is 0. The second kappa shape index (κ2) is 7.85. The third-order valence-corrected chi connectivity index (χ3v) is 4.85. The van der Waals surface area contributed by atoms with Gasteiger partial charge >= 0.3 is 0 Å². The summed E-state index contributed by atoms with van der Waals surface area (Å²) in [4.78, 5) is 17.2. The van der Waals surface area contributed by atoms with Crippen LogP contribution in [0.2, 0.25) is 0 Å². The van der Waals surface area contributed by atoms with Crippen LogP contribution in [0.4, 0.5) is 0 Å². The Kier molecular flexibility index (Phi) is 6.28. The van der Waals surface area contributed by atoms with Gasteiger partial charge in [-0.05, 0) is 18.4 Å². The van der Waals surface area contributed by atoms with Crippen molar-refractivity contribution in [2.45, 2.75) is 40.2 Å². The maximum atomic E-state index is 12.8. The first-order valence-corrected chi connectivity index (χ1v) is 8.72. The zero-order chi connectivity index (χ0) is 16.4. The highest BCUT2D eigenvalue weighted by Crippen LogP contribution is 2.20. The molecular weight excluding hydrogens is 326 g/mol. The lowest BCUT2D eigenvalue weighted by Gasteiger charge is -2.35. The maximum absolute atomic E-state index is 12.8. The molecule has 1 amide bonds. The molecule has 0 radical (unpaired) electrons. The summed E-state index contributed by atoms with van der Waals surface area (Å²) < 4.78 is 0. The van der Waals surface area contributed by atoms with Gasteiger partial charge < -0.3 is 10.2 Å². The van der Waals surface area contributed by atoms with Crippen molar-refractivity contribution < 1.29 is 4.79 Å². The molecule has 0 aliphatic carbocycles. The monoisotopic (exact) mass is 355 g/mol. The van der Waals surface area contributed by atoms with Gasteiger partial charge in [-0.15, -0.1) is 12.4 Å². The summed E-state index contributed by atoms with van der Waals surface area (Å²) in [6.07, 6.45) is 2.12. The number of amides is 1. The van der Waals surface area contributed by atoms with Crippen LogP contribution in [0.25, 0.3) is 0 Å². The summed E-state index contributed by atoms with van der Waals surface area (Å²) in [6.45, 7) is 13.2. The number of fused-ring (bicyclic) bond motifs is 1. The van der Waals surface area contributed by atoms with Gasteiger partial charge in [-0.3, -0.25) is 14.8 Å². The summed E-state index contributed by atoms with van der Waals surface area (Å²) in [7, 11) is 0. The zero-order valence-electron chi connectivity index (χ0n) is 15.0. The lowest BCUT2D eigenvalue weighted by molar-refractivity contribution is 0.0616. The number of aromatic nitrogens is 2. The van der Waals surface area contributed by atoms with Gasteiger partial charge in [0.25, 0.3) is 5.91 Å². The Balaban J connectivity index is 0.00000208. The molecule has 1 saturated heterocycles. The number of nitrogens with one attached hydrogen (secondary N) is 2. The molecule has 2 N–H and O–H groups in total. The highest BCUT2D eigenvalue weighted by molar-refractivity contribution is 5.94. The molecule has 2 aliphatic rings. The minimum absolute atomic E-state index is 0. The van der Waals surface area contributed by atoms with Gasteiger partial charge in [0.2, 0.25) is 0 Å². The number of hydrogen-bond acceptors (Lipinski definition) is 4. The Morgan fingerprint density at radius 2 is 1.92 bits per heavy atom. The molecule has 7 heteroatoms. The molecule has 0 bridgehead atoms. The normalized spacial score (nSPS) is 18.9. The average Bonchev–Trinajstić information content (AvgIpc) is 2.96. The van der Waals surface area contributed by atoms with E-state index in [9.17, 15) is 4.79 Å². The second-order valence-corrected chi connectivity index (χ2v) is 7.90. The van der Waals surface area contributed by atoms with E-state index in [0.717, 1.165) is 63.5 Å². The van der Waals surface area contributed by atoms with Crippen LogP contribution in [0.3, 0.4) is 0 Å². The third kappa shape index (κ3) is 4.49. The summed E-state index contributed by atoms with van der Waals surface area (Å²) in [5.41, 5.74) is 3.18. The molecule has 0 aromatic carbocycles. The zero-order valence-corrected chi connectivity index (χ0v) is 15.8. The van der Waals surface area contributed by atoms with E-state index >= 15 is 0 Å². The van der Waals surface area contributed by atoms with Crippen molar-refractivity contribution in [3.05, 3.63) is 17.0 Å². The molecular formula is C17H30ClN5O. The molecule has 24 heavy (non-hydrogen) atoms. The molecule has 2 aliphatic heterocycles. The lowest BCUT2D eigenvalue weighted by Crippen LogP contribution is -2.49. The quantitative estimate of drug-likeness (QED) is 0.865. The van der Waals surface area contributed by atoms with Crippen LogP contribution < -0.4 is 5.32 Å². The SMILES string of the molecule is CC(C)(C)CCN1CCN(C(=O)c2n[nH]c3c2CNCC3)CC1.Cl. The first-order chi connectivity index (χ1) is 10.9. The number of carbonyl (C=O) groups excluding carboxylic acids is 1. The first-order valence-electron chi connectivity index (χ1n) is 8.72. The van der Waals surface area contributed by atoms with E-state index in [2.05, 4.69) is 41.2 Å². The molecule has 1 fully saturated rings. The number of hydrogen-bond donors (Lipinski definition) is 2. The van der Waals surface area contributed by atoms with Gasteiger partial charge in [0.05, 0.1) is 0 Å². The number of piperazine rings is 1. The molecule has 1 aromatic heterocycles. The maximum Gasteiger partial charge on any atom is 0.274 e. The van der Waals surface area contributed by atoms with Gasteiger partial charge in [-0.25, -0.2) is 0 Å². The van der Waals surface area contributed by atoms with E-state index in [4.69, 9.17) is 0 Å². The molecule has 0 atom stereocenters. The number of carbonyl (C=O) groups is 1. The second-order valence-electron chi connectivity index (χ2n) is 7.90. The van der Waals surface area contributed by atoms with E-state index in [1.807, 2.05) is 4.90 Å². The minimum atomic E-state index is 0. The summed E-state index contributed by atoms with van der Waals surface area (Å²) in [5.74, 6) is 0.0849. The molecule has 0 unspecified atom stereocenters. The van der Waals surface area contributed by atoms with Crippen molar-refractivity contribution >= 4 is 18.3 Å². The van der Waals surface area contributed by atoms with E-state index in [1.165, 1.54) is 6.42 Å². The van der Waals surface area contributed by atoms with Crippen LogP contribution in [-0.4, -0.2) is 65.2 Å². The topological polar surface area (TPSA) is 64.3 Å². The Morgan fingerprint density at radius 1 is 1.21 bits per heavy atom. The lowest BCUT2D eigenvalue weighted by atomic mass is 9.92. The number of aromatic amines is 1. The predicted molar refractivity (Wildman–Crippen MR) is 97.7 cm³/mol. The summed E-state index contributed by atoms with van der Waals surface area (Å²) in [5, 5.41) is 10.7. The number of halogens is 1. The van der Waals surface area contributed by atoms with Gasteiger partial charge in [-0.2, -0.15) is 5.10 Å². The number of rotatable bonds is 3. The number of H-pyrrole nitrogens is 1. The van der Waals surface area contributed by atoms with Crippen LogP contribution >= 0.6 is 12.4 Å². The fourth-order valence-electron chi connectivity index (χ4n) is 3.22. The smallest absolute Gasteiger partial charge is 0.274 e. The van der Waals surface area contributed by atoms with Gasteiger partial charge in [0.1, 0.15) is 0 Å². The first kappa shape index (κ1) is 19.2. The van der Waals surface area contributed by atoms with E-state index in [0.29, 0.717) is 11.1 Å². The predicted octanol–water partition coefficient (Wildman–Crippen LogP) is 1.67. The molecule has 0 saturated carbocycles. The molecule has 0 spiro atoms. The molecule has 6 nitrogen and oxygen atoms in total. The standard InChI is InChI=1S/C17H29N5O.ClH/c1-17(2,3)5-7-21-8-10-22(11-9-21)16(23)15-13-12-18-6-4-14(13)19-20-15;/h18H,4-12H2,1-3H3,(H,19,20);1H. The van der Waals surface area contributed by atoms with E-state index < -0.39 is 0 Å². The fourth-order valence-corrected chi connectivity index (χ4v) is 3.22. The van der Waals surface area contributed by atoms with Crippen molar-refractivity contribution in [1.82, 2.24) is 25.3 Å². The van der Waals surface area contributed by atoms with E-state index in [-0.39, 0.29) is 18.3 Å². The highest BCUT2D eigenvalue weighted by Gasteiger charge is 2.28. The number of nitrogens with zero attached hydrogens (tertiary/aromatic N) is 3. The minimum Gasteiger partial charge on any atom is -0.335 e. The Labute approximate surface area is 150 Å². The summed E-state index contributed by atoms with van der Waals surface area (Å²) >= 11 is 0. The van der Waals surface area contributed by atoms with Crippen LogP contribution in [-0.2, 0) is 13.0 Å². The van der Waals surface area contributed by atoms with Gasteiger partial charge in [-0.1, -0.05) is 20.8 Å². The molecule has 3 rings (SSSR count). The van der Waals surface area contributed by atoms with Crippen LogP contribution in [0.15, 0.2) is 0 Å². The highest BCUT2D eigenvalue weighted by atomic mass is 35.5. The van der Waals surface area contributed by atoms with Gasteiger partial charge in [0.15, 0.2) is 5.69 Å². The molecule has 136 valence electrons. The van der Waals surface area contributed by atoms with Gasteiger partial charge in [0, 0.05) is 56.9 Å². The van der Waals surface area contributed by atoms with Crippen LogP contribution in [0, 0.1) is 5.41 Å². The Bertz CT molecular complexity index is 558. The van der Waals surface area contributed by atoms with Crippen molar-refractivity contribution in [1.29, 1.82) is 0 Å². The van der Waals surface area contributed by atoms with Crippen molar-refractivity contribution in [3.8, 4) is 0 Å². The fraction of sp³-hybridized carbons (Fsp3) is 0.765. The van der Waals surface area contributed by atoms with Crippen LogP contribution in [0.5, 0.6) is 0 Å². The van der Waals surface area contributed by atoms with Crippen LogP contribution in [0.1, 0.15) is 48.9 Å². The Morgan fingerprint density at radius 3 is 2.58 bits per heavy atom. The third-order valence-electron chi connectivity index (χ3n) is 4.85. The van der Waals surface area contributed by atoms with Crippen molar-refractivity contribution in [2.24, 2.45) is 5.41 Å². The van der Waals surface area contributed by atoms with E-state index in [1.54, 1.807) is 0 Å². The largest absolute Gasteiger partial charge is 0.335 e. The molecule has 1 aromatic rings.